The van der Waals surface area contributed by atoms with Crippen molar-refractivity contribution >= 4 is 0 Å². The van der Waals surface area contributed by atoms with Gasteiger partial charge in [-0.15, -0.1) is 6.58 Å². The van der Waals surface area contributed by atoms with Crippen molar-refractivity contribution in [2.45, 2.75) is 90.1 Å². The summed E-state index contributed by atoms with van der Waals surface area (Å²) in [5.74, 6) is 0.785. The van der Waals surface area contributed by atoms with E-state index in [1.165, 1.54) is 0 Å². The zero-order chi connectivity index (χ0) is 17.3. The molecule has 0 radical (unpaired) electrons. The fourth-order valence-corrected chi connectivity index (χ4v) is 6.23. The first kappa shape index (κ1) is 17.4. The summed E-state index contributed by atoms with van der Waals surface area (Å²) in [5, 5.41) is 21.6. The lowest BCUT2D eigenvalue weighted by Gasteiger charge is -2.61. The van der Waals surface area contributed by atoms with Crippen LogP contribution >= 0.6 is 0 Å². The van der Waals surface area contributed by atoms with Crippen LogP contribution in [-0.4, -0.2) is 33.6 Å². The Balaban J connectivity index is 1.99. The van der Waals surface area contributed by atoms with Crippen LogP contribution in [0.25, 0.3) is 0 Å². The van der Waals surface area contributed by atoms with Crippen molar-refractivity contribution in [2.75, 3.05) is 0 Å². The zero-order valence-electron chi connectivity index (χ0n) is 15.4. The Kier molecular flexibility index (Phi) is 3.84. The molecule has 3 aliphatic rings. The summed E-state index contributed by atoms with van der Waals surface area (Å²) in [6, 6.07) is 0. The summed E-state index contributed by atoms with van der Waals surface area (Å²) in [5.41, 5.74) is -1.15. The summed E-state index contributed by atoms with van der Waals surface area (Å²) >= 11 is 0. The average Bonchev–Trinajstić information content (AvgIpc) is 2.83. The minimum absolute atomic E-state index is 0.138. The Bertz CT molecular complexity index is 497. The van der Waals surface area contributed by atoms with Crippen molar-refractivity contribution in [3.63, 3.8) is 0 Å². The molecule has 1 heterocycles. The summed E-state index contributed by atoms with van der Waals surface area (Å²) in [4.78, 5) is 0. The molecule has 0 spiro atoms. The van der Waals surface area contributed by atoms with Gasteiger partial charge in [-0.3, -0.25) is 0 Å². The molecule has 2 N–H and O–H groups in total. The third kappa shape index (κ3) is 2.34. The number of rotatable bonds is 2. The SMILES string of the molecule is C=C[C@](C)(O)[C@@H]1C[C@@H]2[C@@]3(C)[C@@H](O)CCC(C)(C)[C@@H]3CC[C@@]2(C)O1. The normalized spacial score (nSPS) is 51.4. The maximum atomic E-state index is 11.0. The average molecular weight is 322 g/mol. The molecule has 3 heteroatoms. The number of hydrogen-bond donors (Lipinski definition) is 2. The molecule has 3 nitrogen and oxygen atoms in total. The van der Waals surface area contributed by atoms with E-state index in [0.717, 1.165) is 32.1 Å². The summed E-state index contributed by atoms with van der Waals surface area (Å²) in [6.45, 7) is 14.7. The van der Waals surface area contributed by atoms with Crippen molar-refractivity contribution in [3.05, 3.63) is 12.7 Å². The van der Waals surface area contributed by atoms with E-state index >= 15 is 0 Å². The fourth-order valence-electron chi connectivity index (χ4n) is 6.23. The van der Waals surface area contributed by atoms with Crippen LogP contribution in [0.5, 0.6) is 0 Å². The van der Waals surface area contributed by atoms with Gasteiger partial charge in [0.05, 0.1) is 17.8 Å². The van der Waals surface area contributed by atoms with Crippen LogP contribution < -0.4 is 0 Å². The summed E-state index contributed by atoms with van der Waals surface area (Å²) < 4.78 is 6.41. The van der Waals surface area contributed by atoms with Gasteiger partial charge in [-0.1, -0.05) is 26.8 Å². The van der Waals surface area contributed by atoms with Crippen molar-refractivity contribution in [1.82, 2.24) is 0 Å². The minimum atomic E-state index is -1.01. The summed E-state index contributed by atoms with van der Waals surface area (Å²) in [6.07, 6.45) is 5.95. The molecule has 23 heavy (non-hydrogen) atoms. The molecule has 1 aliphatic heterocycles. The maximum absolute atomic E-state index is 11.0. The molecule has 0 bridgehead atoms. The molecular weight excluding hydrogens is 288 g/mol. The van der Waals surface area contributed by atoms with Crippen molar-refractivity contribution < 1.29 is 14.9 Å². The van der Waals surface area contributed by atoms with Crippen LogP contribution in [0.1, 0.15) is 66.7 Å². The van der Waals surface area contributed by atoms with Crippen LogP contribution in [-0.2, 0) is 4.74 Å². The van der Waals surface area contributed by atoms with Crippen LogP contribution in [0.4, 0.5) is 0 Å². The van der Waals surface area contributed by atoms with Crippen LogP contribution in [0.3, 0.4) is 0 Å². The predicted octanol–water partition coefficient (Wildman–Crippen LogP) is 3.68. The summed E-state index contributed by atoms with van der Waals surface area (Å²) in [7, 11) is 0. The van der Waals surface area contributed by atoms with Gasteiger partial charge in [0.1, 0.15) is 5.60 Å². The molecule has 0 amide bonds. The third-order valence-corrected chi connectivity index (χ3v) is 7.82. The predicted molar refractivity (Wildman–Crippen MR) is 92.1 cm³/mol. The first-order valence-corrected chi connectivity index (χ1v) is 9.19. The number of ether oxygens (including phenoxy) is 1. The molecule has 2 aliphatic carbocycles. The van der Waals surface area contributed by atoms with E-state index in [2.05, 4.69) is 34.3 Å². The van der Waals surface area contributed by atoms with Gasteiger partial charge < -0.3 is 14.9 Å². The molecule has 132 valence electrons. The van der Waals surface area contributed by atoms with E-state index in [1.807, 2.05) is 0 Å². The van der Waals surface area contributed by atoms with Gasteiger partial charge in [0.2, 0.25) is 0 Å². The van der Waals surface area contributed by atoms with E-state index in [0.29, 0.717) is 5.92 Å². The number of hydrogen-bond acceptors (Lipinski definition) is 3. The Morgan fingerprint density at radius 3 is 2.39 bits per heavy atom. The topological polar surface area (TPSA) is 49.7 Å². The molecule has 0 aromatic heterocycles. The molecule has 2 saturated carbocycles. The molecule has 0 aromatic carbocycles. The Morgan fingerprint density at radius 2 is 1.78 bits per heavy atom. The monoisotopic (exact) mass is 322 g/mol. The highest BCUT2D eigenvalue weighted by Gasteiger charge is 2.66. The maximum Gasteiger partial charge on any atom is 0.106 e. The first-order valence-electron chi connectivity index (χ1n) is 9.19. The lowest BCUT2D eigenvalue weighted by molar-refractivity contribution is -0.203. The first-order chi connectivity index (χ1) is 10.5. The van der Waals surface area contributed by atoms with Gasteiger partial charge in [-0.2, -0.15) is 0 Å². The second kappa shape index (κ2) is 5.06. The van der Waals surface area contributed by atoms with Gasteiger partial charge in [0, 0.05) is 5.41 Å². The highest BCUT2D eigenvalue weighted by molar-refractivity contribution is 5.16. The van der Waals surface area contributed by atoms with E-state index in [-0.39, 0.29) is 34.6 Å². The number of aliphatic hydroxyl groups excluding tert-OH is 1. The largest absolute Gasteiger partial charge is 0.393 e. The van der Waals surface area contributed by atoms with Crippen LogP contribution in [0.2, 0.25) is 0 Å². The smallest absolute Gasteiger partial charge is 0.106 e. The van der Waals surface area contributed by atoms with Gasteiger partial charge in [0.25, 0.3) is 0 Å². The Labute approximate surface area is 141 Å². The van der Waals surface area contributed by atoms with Gasteiger partial charge >= 0.3 is 0 Å². The quantitative estimate of drug-likeness (QED) is 0.762. The highest BCUT2D eigenvalue weighted by atomic mass is 16.5. The molecular formula is C20H34O3. The Hall–Kier alpha value is -0.380. The van der Waals surface area contributed by atoms with E-state index in [9.17, 15) is 10.2 Å². The van der Waals surface area contributed by atoms with Gasteiger partial charge in [0.15, 0.2) is 0 Å². The lowest BCUT2D eigenvalue weighted by atomic mass is 9.44. The van der Waals surface area contributed by atoms with E-state index in [1.54, 1.807) is 13.0 Å². The molecule has 3 fully saturated rings. The van der Waals surface area contributed by atoms with Gasteiger partial charge in [-0.05, 0) is 63.2 Å². The molecule has 7 atom stereocenters. The Morgan fingerprint density at radius 1 is 1.13 bits per heavy atom. The van der Waals surface area contributed by atoms with Crippen molar-refractivity contribution in [3.8, 4) is 0 Å². The lowest BCUT2D eigenvalue weighted by Crippen LogP contribution is -2.61. The van der Waals surface area contributed by atoms with E-state index < -0.39 is 5.60 Å². The molecule has 1 saturated heterocycles. The van der Waals surface area contributed by atoms with Gasteiger partial charge in [-0.25, -0.2) is 0 Å². The number of aliphatic hydroxyl groups is 2. The molecule has 0 aromatic rings. The van der Waals surface area contributed by atoms with Crippen LogP contribution in [0, 0.1) is 22.7 Å². The second-order valence-electron chi connectivity index (χ2n) is 9.64. The standard InChI is InChI=1S/C20H34O3/c1-7-18(4,22)16-12-14-19(5,23-16)11-8-13-17(2,3)10-9-15(21)20(13,14)6/h7,13-16,21-22H,1,8-12H2,2-6H3/t13-,14-,15-,16-,18-,19+,20-/m0/s1. The van der Waals surface area contributed by atoms with Crippen molar-refractivity contribution in [2.24, 2.45) is 22.7 Å². The second-order valence-corrected chi connectivity index (χ2v) is 9.64. The van der Waals surface area contributed by atoms with Crippen molar-refractivity contribution in [1.29, 1.82) is 0 Å². The molecule has 0 unspecified atom stereocenters. The van der Waals surface area contributed by atoms with Crippen LogP contribution in [0.15, 0.2) is 12.7 Å². The fraction of sp³-hybridized carbons (Fsp3) is 0.900. The highest BCUT2D eigenvalue weighted by Crippen LogP contribution is 2.66. The third-order valence-electron chi connectivity index (χ3n) is 7.82. The minimum Gasteiger partial charge on any atom is -0.393 e. The number of fused-ring (bicyclic) bond motifs is 3. The molecule has 3 rings (SSSR count). The van der Waals surface area contributed by atoms with E-state index in [4.69, 9.17) is 4.74 Å². The zero-order valence-corrected chi connectivity index (χ0v) is 15.4.